The van der Waals surface area contributed by atoms with Crippen molar-refractivity contribution >= 4 is 40.8 Å². The minimum absolute atomic E-state index is 0.0881. The van der Waals surface area contributed by atoms with Crippen molar-refractivity contribution in [3.63, 3.8) is 0 Å². The monoisotopic (exact) mass is 498 g/mol. The molecule has 0 atom stereocenters. The van der Waals surface area contributed by atoms with E-state index in [1.165, 1.54) is 36.4 Å². The van der Waals surface area contributed by atoms with Crippen molar-refractivity contribution in [3.05, 3.63) is 92.5 Å². The molecule has 3 aromatic carbocycles. The Morgan fingerprint density at radius 2 is 1.80 bits per heavy atom. The van der Waals surface area contributed by atoms with Gasteiger partial charge in [-0.3, -0.25) is 14.9 Å². The van der Waals surface area contributed by atoms with E-state index in [2.05, 4.69) is 5.32 Å². The summed E-state index contributed by atoms with van der Waals surface area (Å²) >= 11 is 6.07. The van der Waals surface area contributed by atoms with Gasteiger partial charge in [0, 0.05) is 17.2 Å². The minimum Gasteiger partial charge on any atom is -0.478 e. The molecule has 0 unspecified atom stereocenters. The van der Waals surface area contributed by atoms with Crippen LogP contribution < -0.4 is 10.1 Å². The number of aromatic carboxylic acids is 1. The summed E-state index contributed by atoms with van der Waals surface area (Å²) in [6.07, 6.45) is -0.230. The third-order valence-electron chi connectivity index (χ3n) is 4.70. The molecular formula is C24H19ClN2O8. The van der Waals surface area contributed by atoms with Gasteiger partial charge >= 0.3 is 11.9 Å². The number of nitrogens with zero attached hydrogens (tertiary/aromatic N) is 1. The molecule has 0 fully saturated rings. The third-order valence-corrected chi connectivity index (χ3v) is 5.07. The van der Waals surface area contributed by atoms with Crippen molar-refractivity contribution in [1.82, 2.24) is 0 Å². The normalized spacial score (nSPS) is 10.3. The number of hydrogen-bond acceptors (Lipinski definition) is 7. The second-order valence-corrected chi connectivity index (χ2v) is 7.50. The lowest BCUT2D eigenvalue weighted by molar-refractivity contribution is -0.384. The number of hydrogen-bond donors (Lipinski definition) is 2. The van der Waals surface area contributed by atoms with Crippen LogP contribution in [0.5, 0.6) is 11.5 Å². The fourth-order valence-electron chi connectivity index (χ4n) is 3.11. The Kier molecular flexibility index (Phi) is 8.00. The van der Waals surface area contributed by atoms with Crippen LogP contribution in [0.25, 0.3) is 0 Å². The first kappa shape index (κ1) is 25.2. The first-order valence-corrected chi connectivity index (χ1v) is 10.6. The molecule has 0 aromatic heterocycles. The number of amides is 1. The maximum atomic E-state index is 12.6. The molecule has 10 nitrogen and oxygen atoms in total. The Labute approximate surface area is 204 Å². The summed E-state index contributed by atoms with van der Waals surface area (Å²) in [7, 11) is 0. The molecule has 0 saturated carbocycles. The first-order chi connectivity index (χ1) is 16.7. The number of rotatable bonds is 9. The molecule has 3 rings (SSSR count). The van der Waals surface area contributed by atoms with E-state index in [0.717, 1.165) is 0 Å². The van der Waals surface area contributed by atoms with Gasteiger partial charge in [0.1, 0.15) is 5.75 Å². The van der Waals surface area contributed by atoms with E-state index in [1.54, 1.807) is 31.2 Å². The van der Waals surface area contributed by atoms with Gasteiger partial charge in [-0.2, -0.15) is 0 Å². The van der Waals surface area contributed by atoms with Gasteiger partial charge in [0.15, 0.2) is 5.75 Å². The number of halogens is 1. The number of benzene rings is 3. The van der Waals surface area contributed by atoms with E-state index in [4.69, 9.17) is 21.1 Å². The van der Waals surface area contributed by atoms with Crippen LogP contribution in [-0.4, -0.2) is 34.5 Å². The van der Waals surface area contributed by atoms with Crippen LogP contribution in [0.15, 0.2) is 60.7 Å². The standard InChI is InChI=1S/C24H19ClN2O8/c1-2-34-24(31)17-9-8-16(13-18(17)23(29)30)35-21-6-4-3-5-20(21)26-22(28)12-14-11-15(27(32)33)7-10-19(14)25/h3-11,13H,2,12H2,1H3,(H,26,28)(H,29,30). The molecule has 0 aliphatic heterocycles. The van der Waals surface area contributed by atoms with Gasteiger partial charge in [0.2, 0.25) is 5.91 Å². The van der Waals surface area contributed by atoms with Crippen molar-refractivity contribution < 1.29 is 33.9 Å². The maximum Gasteiger partial charge on any atom is 0.339 e. The Morgan fingerprint density at radius 3 is 2.49 bits per heavy atom. The summed E-state index contributed by atoms with van der Waals surface area (Å²) in [5, 5.41) is 23.4. The lowest BCUT2D eigenvalue weighted by Gasteiger charge is -2.14. The number of nitro benzene ring substituents is 1. The van der Waals surface area contributed by atoms with Gasteiger partial charge in [-0.1, -0.05) is 23.7 Å². The molecule has 180 valence electrons. The van der Waals surface area contributed by atoms with Gasteiger partial charge in [-0.05, 0) is 48.9 Å². The summed E-state index contributed by atoms with van der Waals surface area (Å²) in [4.78, 5) is 46.7. The van der Waals surface area contributed by atoms with E-state index in [-0.39, 0.29) is 57.6 Å². The number of nitrogens with one attached hydrogen (secondary N) is 1. The van der Waals surface area contributed by atoms with Crippen LogP contribution in [0.2, 0.25) is 5.02 Å². The second kappa shape index (κ2) is 11.1. The number of esters is 1. The lowest BCUT2D eigenvalue weighted by Crippen LogP contribution is -2.15. The van der Waals surface area contributed by atoms with Crippen molar-refractivity contribution in [2.75, 3.05) is 11.9 Å². The number of non-ortho nitro benzene ring substituents is 1. The van der Waals surface area contributed by atoms with Crippen molar-refractivity contribution in [2.45, 2.75) is 13.3 Å². The minimum atomic E-state index is -1.34. The molecule has 0 spiro atoms. The Bertz CT molecular complexity index is 1310. The number of anilines is 1. The van der Waals surface area contributed by atoms with Gasteiger partial charge in [0.25, 0.3) is 5.69 Å². The largest absolute Gasteiger partial charge is 0.478 e. The smallest absolute Gasteiger partial charge is 0.339 e. The van der Waals surface area contributed by atoms with Gasteiger partial charge in [-0.15, -0.1) is 0 Å². The zero-order valence-electron chi connectivity index (χ0n) is 18.3. The first-order valence-electron chi connectivity index (χ1n) is 10.2. The molecule has 3 aromatic rings. The number of carboxylic acids is 1. The second-order valence-electron chi connectivity index (χ2n) is 7.09. The quantitative estimate of drug-likeness (QED) is 0.235. The topological polar surface area (TPSA) is 145 Å². The maximum absolute atomic E-state index is 12.6. The molecular weight excluding hydrogens is 480 g/mol. The predicted molar refractivity (Wildman–Crippen MR) is 126 cm³/mol. The number of ether oxygens (including phenoxy) is 2. The molecule has 0 heterocycles. The van der Waals surface area contributed by atoms with Crippen LogP contribution in [0.4, 0.5) is 11.4 Å². The van der Waals surface area contributed by atoms with E-state index in [1.807, 2.05) is 0 Å². The zero-order valence-corrected chi connectivity index (χ0v) is 19.1. The summed E-state index contributed by atoms with van der Waals surface area (Å²) in [5.41, 5.74) is -0.0749. The van der Waals surface area contributed by atoms with Crippen molar-refractivity contribution in [3.8, 4) is 11.5 Å². The Morgan fingerprint density at radius 1 is 1.06 bits per heavy atom. The molecule has 0 saturated heterocycles. The number of carbonyl (C=O) groups excluding carboxylic acids is 2. The molecule has 0 aliphatic rings. The fourth-order valence-corrected chi connectivity index (χ4v) is 3.30. The van der Waals surface area contributed by atoms with E-state index < -0.39 is 22.8 Å². The highest BCUT2D eigenvalue weighted by atomic mass is 35.5. The van der Waals surface area contributed by atoms with E-state index >= 15 is 0 Å². The van der Waals surface area contributed by atoms with E-state index in [9.17, 15) is 29.6 Å². The Balaban J connectivity index is 1.81. The molecule has 35 heavy (non-hydrogen) atoms. The highest BCUT2D eigenvalue weighted by Gasteiger charge is 2.20. The van der Waals surface area contributed by atoms with Crippen LogP contribution >= 0.6 is 11.6 Å². The predicted octanol–water partition coefficient (Wildman–Crippen LogP) is 5.10. The van der Waals surface area contributed by atoms with E-state index in [0.29, 0.717) is 0 Å². The summed E-state index contributed by atoms with van der Waals surface area (Å²) in [6.45, 7) is 1.69. The molecule has 0 radical (unpaired) electrons. The average molecular weight is 499 g/mol. The van der Waals surface area contributed by atoms with Crippen LogP contribution in [0.3, 0.4) is 0 Å². The van der Waals surface area contributed by atoms with Crippen molar-refractivity contribution in [2.24, 2.45) is 0 Å². The zero-order chi connectivity index (χ0) is 25.5. The van der Waals surface area contributed by atoms with Gasteiger partial charge in [-0.25, -0.2) is 9.59 Å². The summed E-state index contributed by atoms with van der Waals surface area (Å²) in [6, 6.07) is 14.1. The SMILES string of the molecule is CCOC(=O)c1ccc(Oc2ccccc2NC(=O)Cc2cc([N+](=O)[O-])ccc2Cl)cc1C(=O)O. The van der Waals surface area contributed by atoms with Crippen LogP contribution in [-0.2, 0) is 16.0 Å². The van der Waals surface area contributed by atoms with Gasteiger partial charge < -0.3 is 19.9 Å². The number of carboxylic acid groups (broad SMARTS) is 1. The molecule has 0 bridgehead atoms. The third kappa shape index (κ3) is 6.33. The molecule has 1 amide bonds. The fraction of sp³-hybridized carbons (Fsp3) is 0.125. The molecule has 11 heteroatoms. The van der Waals surface area contributed by atoms with Crippen LogP contribution in [0.1, 0.15) is 33.2 Å². The van der Waals surface area contributed by atoms with Gasteiger partial charge in [0.05, 0.1) is 34.8 Å². The highest BCUT2D eigenvalue weighted by molar-refractivity contribution is 6.31. The van der Waals surface area contributed by atoms with Crippen LogP contribution in [0, 0.1) is 10.1 Å². The lowest BCUT2D eigenvalue weighted by atomic mass is 10.1. The number of nitro groups is 1. The Hall–Kier alpha value is -4.44. The van der Waals surface area contributed by atoms with Crippen molar-refractivity contribution in [1.29, 1.82) is 0 Å². The average Bonchev–Trinajstić information content (AvgIpc) is 2.81. The molecule has 0 aliphatic carbocycles. The number of para-hydroxylation sites is 2. The highest BCUT2D eigenvalue weighted by Crippen LogP contribution is 2.31. The molecule has 2 N–H and O–H groups in total. The summed E-state index contributed by atoms with van der Waals surface area (Å²) in [5.74, 6) is -2.31. The number of carbonyl (C=O) groups is 3. The summed E-state index contributed by atoms with van der Waals surface area (Å²) < 4.78 is 10.7.